The van der Waals surface area contributed by atoms with Crippen molar-refractivity contribution in [1.82, 2.24) is 4.90 Å². The maximum atomic E-state index is 11.4. The molecular weight excluding hydrogens is 204 g/mol. The Morgan fingerprint density at radius 1 is 1.56 bits per heavy atom. The molecule has 0 bridgehead atoms. The first-order valence-corrected chi connectivity index (χ1v) is 5.44. The number of amides is 2. The van der Waals surface area contributed by atoms with E-state index < -0.39 is 6.10 Å². The lowest BCUT2D eigenvalue weighted by atomic mass is 10.0. The number of carbonyl (C=O) groups is 1. The Bertz CT molecular complexity index is 417. The Hall–Kier alpha value is -1.55. The number of aliphatic hydroxyl groups excluding tert-OH is 1. The smallest absolute Gasteiger partial charge is 0.321 e. The van der Waals surface area contributed by atoms with Gasteiger partial charge in [-0.3, -0.25) is 0 Å². The van der Waals surface area contributed by atoms with Gasteiger partial charge in [-0.25, -0.2) is 4.79 Å². The van der Waals surface area contributed by atoms with Crippen LogP contribution in [-0.2, 0) is 6.54 Å². The van der Waals surface area contributed by atoms with Gasteiger partial charge in [0.05, 0.1) is 6.10 Å². The second-order valence-electron chi connectivity index (χ2n) is 4.13. The number of urea groups is 1. The van der Waals surface area contributed by atoms with Crippen molar-refractivity contribution in [2.45, 2.75) is 26.0 Å². The molecule has 0 saturated heterocycles. The van der Waals surface area contributed by atoms with E-state index in [1.54, 1.807) is 11.9 Å². The Balaban J connectivity index is 2.32. The van der Waals surface area contributed by atoms with E-state index in [2.05, 4.69) is 5.32 Å². The van der Waals surface area contributed by atoms with E-state index in [1.807, 2.05) is 25.1 Å². The van der Waals surface area contributed by atoms with E-state index in [0.717, 1.165) is 16.8 Å². The second kappa shape index (κ2) is 4.14. The molecule has 4 heteroatoms. The summed E-state index contributed by atoms with van der Waals surface area (Å²) in [6.45, 7) is 2.53. The minimum atomic E-state index is -0.423. The van der Waals surface area contributed by atoms with Crippen LogP contribution in [0, 0.1) is 0 Å². The molecule has 0 fully saturated rings. The normalized spacial score (nSPS) is 16.7. The van der Waals surface area contributed by atoms with Crippen molar-refractivity contribution in [3.05, 3.63) is 29.3 Å². The third-order valence-electron chi connectivity index (χ3n) is 2.90. The van der Waals surface area contributed by atoms with E-state index in [9.17, 15) is 9.90 Å². The molecule has 1 aromatic rings. The minimum Gasteiger partial charge on any atom is -0.388 e. The topological polar surface area (TPSA) is 52.6 Å². The first-order chi connectivity index (χ1) is 7.61. The van der Waals surface area contributed by atoms with E-state index in [0.29, 0.717) is 13.0 Å². The van der Waals surface area contributed by atoms with Crippen LogP contribution in [0.3, 0.4) is 0 Å². The number of hydrogen-bond acceptors (Lipinski definition) is 2. The van der Waals surface area contributed by atoms with Gasteiger partial charge in [0.25, 0.3) is 0 Å². The van der Waals surface area contributed by atoms with E-state index in [-0.39, 0.29) is 6.03 Å². The van der Waals surface area contributed by atoms with Gasteiger partial charge in [-0.15, -0.1) is 0 Å². The number of hydrogen-bond donors (Lipinski definition) is 2. The Kier molecular flexibility index (Phi) is 2.83. The largest absolute Gasteiger partial charge is 0.388 e. The zero-order chi connectivity index (χ0) is 11.7. The van der Waals surface area contributed by atoms with Crippen molar-refractivity contribution in [2.24, 2.45) is 0 Å². The fourth-order valence-corrected chi connectivity index (χ4v) is 1.85. The molecule has 2 rings (SSSR count). The maximum absolute atomic E-state index is 11.4. The molecule has 1 aliphatic heterocycles. The number of nitrogens with zero attached hydrogens (tertiary/aromatic N) is 1. The van der Waals surface area contributed by atoms with Gasteiger partial charge in [0.1, 0.15) is 0 Å². The van der Waals surface area contributed by atoms with Crippen LogP contribution < -0.4 is 5.32 Å². The lowest BCUT2D eigenvalue weighted by Crippen LogP contribution is -2.35. The van der Waals surface area contributed by atoms with E-state index in [1.165, 1.54) is 0 Å². The third kappa shape index (κ3) is 1.88. The van der Waals surface area contributed by atoms with Crippen LogP contribution in [0.1, 0.15) is 30.6 Å². The highest BCUT2D eigenvalue weighted by molar-refractivity contribution is 5.92. The molecule has 1 aromatic carbocycles. The highest BCUT2D eigenvalue weighted by Crippen LogP contribution is 2.26. The van der Waals surface area contributed by atoms with Gasteiger partial charge < -0.3 is 15.3 Å². The van der Waals surface area contributed by atoms with Gasteiger partial charge in [-0.05, 0) is 29.7 Å². The van der Waals surface area contributed by atoms with E-state index >= 15 is 0 Å². The van der Waals surface area contributed by atoms with Crippen molar-refractivity contribution in [2.75, 3.05) is 12.4 Å². The van der Waals surface area contributed by atoms with Crippen LogP contribution in [0.4, 0.5) is 10.5 Å². The summed E-state index contributed by atoms with van der Waals surface area (Å²) in [5.41, 5.74) is 2.80. The van der Waals surface area contributed by atoms with Crippen molar-refractivity contribution in [3.8, 4) is 0 Å². The molecule has 0 saturated carbocycles. The molecule has 2 N–H and O–H groups in total. The molecule has 4 nitrogen and oxygen atoms in total. The Labute approximate surface area is 94.9 Å². The number of anilines is 1. The minimum absolute atomic E-state index is 0.0868. The summed E-state index contributed by atoms with van der Waals surface area (Å²) < 4.78 is 0. The van der Waals surface area contributed by atoms with Crippen LogP contribution in [0.15, 0.2) is 18.2 Å². The molecular formula is C12H16N2O2. The van der Waals surface area contributed by atoms with Crippen LogP contribution in [0.2, 0.25) is 0 Å². The van der Waals surface area contributed by atoms with Gasteiger partial charge in [0.2, 0.25) is 0 Å². The van der Waals surface area contributed by atoms with Gasteiger partial charge in [0, 0.05) is 19.3 Å². The molecule has 0 unspecified atom stereocenters. The second-order valence-corrected chi connectivity index (χ2v) is 4.13. The zero-order valence-corrected chi connectivity index (χ0v) is 9.53. The van der Waals surface area contributed by atoms with Crippen LogP contribution in [-0.4, -0.2) is 23.1 Å². The number of benzene rings is 1. The summed E-state index contributed by atoms with van der Waals surface area (Å²) in [7, 11) is 1.75. The summed E-state index contributed by atoms with van der Waals surface area (Å²) in [4.78, 5) is 13.0. The summed E-state index contributed by atoms with van der Waals surface area (Å²) >= 11 is 0. The SMILES string of the molecule is CC[C@@H](O)c1ccc2c(c1)CN(C)C(=O)N2. The molecule has 1 atom stereocenters. The number of aliphatic hydroxyl groups is 1. The molecule has 0 aliphatic carbocycles. The quantitative estimate of drug-likeness (QED) is 0.802. The predicted octanol–water partition coefficient (Wildman–Crippen LogP) is 2.11. The summed E-state index contributed by atoms with van der Waals surface area (Å²) in [5.74, 6) is 0. The van der Waals surface area contributed by atoms with Crippen molar-refractivity contribution >= 4 is 11.7 Å². The van der Waals surface area contributed by atoms with Crippen molar-refractivity contribution in [1.29, 1.82) is 0 Å². The molecule has 16 heavy (non-hydrogen) atoms. The average molecular weight is 220 g/mol. The maximum Gasteiger partial charge on any atom is 0.321 e. The average Bonchev–Trinajstić information content (AvgIpc) is 2.29. The lowest BCUT2D eigenvalue weighted by molar-refractivity contribution is 0.173. The van der Waals surface area contributed by atoms with Gasteiger partial charge >= 0.3 is 6.03 Å². The molecule has 1 aliphatic rings. The van der Waals surface area contributed by atoms with Crippen LogP contribution in [0.5, 0.6) is 0 Å². The molecule has 0 spiro atoms. The predicted molar refractivity (Wildman–Crippen MR) is 62.2 cm³/mol. The number of rotatable bonds is 2. The number of nitrogens with one attached hydrogen (secondary N) is 1. The molecule has 1 heterocycles. The number of carbonyl (C=O) groups excluding carboxylic acids is 1. The van der Waals surface area contributed by atoms with Crippen molar-refractivity contribution in [3.63, 3.8) is 0 Å². The fraction of sp³-hybridized carbons (Fsp3) is 0.417. The molecule has 86 valence electrons. The Morgan fingerprint density at radius 3 is 3.00 bits per heavy atom. The first-order valence-electron chi connectivity index (χ1n) is 5.44. The summed E-state index contributed by atoms with van der Waals surface area (Å²) in [5, 5.41) is 12.5. The monoisotopic (exact) mass is 220 g/mol. The fourth-order valence-electron chi connectivity index (χ4n) is 1.85. The van der Waals surface area contributed by atoms with Gasteiger partial charge in [0.15, 0.2) is 0 Å². The first kappa shape index (κ1) is 11.0. The lowest BCUT2D eigenvalue weighted by Gasteiger charge is -2.26. The van der Waals surface area contributed by atoms with Crippen molar-refractivity contribution < 1.29 is 9.90 Å². The number of fused-ring (bicyclic) bond motifs is 1. The highest BCUT2D eigenvalue weighted by Gasteiger charge is 2.19. The molecule has 2 amide bonds. The van der Waals surface area contributed by atoms with E-state index in [4.69, 9.17) is 0 Å². The van der Waals surface area contributed by atoms with Gasteiger partial charge in [-0.1, -0.05) is 13.0 Å². The van der Waals surface area contributed by atoms with Gasteiger partial charge in [-0.2, -0.15) is 0 Å². The summed E-state index contributed by atoms with van der Waals surface area (Å²) in [6.07, 6.45) is 0.272. The molecule has 0 aromatic heterocycles. The van der Waals surface area contributed by atoms with Crippen LogP contribution >= 0.6 is 0 Å². The summed E-state index contributed by atoms with van der Waals surface area (Å²) in [6, 6.07) is 5.59. The highest BCUT2D eigenvalue weighted by atomic mass is 16.3. The molecule has 0 radical (unpaired) electrons. The third-order valence-corrected chi connectivity index (χ3v) is 2.90. The zero-order valence-electron chi connectivity index (χ0n) is 9.53. The Morgan fingerprint density at radius 2 is 2.31 bits per heavy atom. The van der Waals surface area contributed by atoms with Crippen LogP contribution in [0.25, 0.3) is 0 Å². The standard InChI is InChI=1S/C12H16N2O2/c1-3-11(15)8-4-5-10-9(6-8)7-14(2)12(16)13-10/h4-6,11,15H,3,7H2,1-2H3,(H,13,16)/t11-/m1/s1.